The largest absolute Gasteiger partial charge is 0.391 e. The summed E-state index contributed by atoms with van der Waals surface area (Å²) in [5.41, 5.74) is 5.57. The van der Waals surface area contributed by atoms with E-state index in [2.05, 4.69) is 15.3 Å². The molecule has 2 heterocycles. The van der Waals surface area contributed by atoms with Crippen LogP contribution in [0.1, 0.15) is 12.8 Å². The maximum atomic E-state index is 12.6. The lowest BCUT2D eigenvalue weighted by Crippen LogP contribution is -2.39. The standard InChI is InChI=1S/C11H16F3N5/c1-16-8-6-9(18-10(15)17-8)19-4-2-7(3-5-19)11(12,13)14/h6-7H,2-5H2,1H3,(H3,15,16,17,18). The molecule has 0 bridgehead atoms. The van der Waals surface area contributed by atoms with Gasteiger partial charge in [0.1, 0.15) is 11.6 Å². The van der Waals surface area contributed by atoms with Crippen LogP contribution in [-0.4, -0.2) is 36.3 Å². The molecule has 0 amide bonds. The van der Waals surface area contributed by atoms with Crippen LogP contribution in [0.2, 0.25) is 0 Å². The number of nitrogen functional groups attached to an aromatic ring is 1. The molecular formula is C11H16F3N5. The fourth-order valence-corrected chi connectivity index (χ4v) is 2.18. The van der Waals surface area contributed by atoms with Crippen molar-refractivity contribution in [3.05, 3.63) is 6.07 Å². The van der Waals surface area contributed by atoms with Gasteiger partial charge in [-0.25, -0.2) is 0 Å². The molecule has 1 saturated heterocycles. The lowest BCUT2D eigenvalue weighted by atomic mass is 9.96. The van der Waals surface area contributed by atoms with Crippen LogP contribution in [0.5, 0.6) is 0 Å². The first-order valence-corrected chi connectivity index (χ1v) is 6.04. The number of nitrogens with zero attached hydrogens (tertiary/aromatic N) is 3. The monoisotopic (exact) mass is 275 g/mol. The SMILES string of the molecule is CNc1cc(N2CCC(C(F)(F)F)CC2)nc(N)n1. The van der Waals surface area contributed by atoms with Crippen LogP contribution in [-0.2, 0) is 0 Å². The number of nitrogens with two attached hydrogens (primary N) is 1. The zero-order valence-electron chi connectivity index (χ0n) is 10.5. The van der Waals surface area contributed by atoms with Crippen molar-refractivity contribution < 1.29 is 13.2 Å². The molecule has 0 aliphatic carbocycles. The van der Waals surface area contributed by atoms with Crippen molar-refractivity contribution in [3.8, 4) is 0 Å². The van der Waals surface area contributed by atoms with Crippen LogP contribution in [0.4, 0.5) is 30.8 Å². The van der Waals surface area contributed by atoms with Crippen molar-refractivity contribution in [2.45, 2.75) is 19.0 Å². The Morgan fingerprint density at radius 2 is 1.95 bits per heavy atom. The van der Waals surface area contributed by atoms with Gasteiger partial charge in [0.25, 0.3) is 0 Å². The van der Waals surface area contributed by atoms with Crippen LogP contribution in [0, 0.1) is 5.92 Å². The van der Waals surface area contributed by atoms with E-state index in [9.17, 15) is 13.2 Å². The van der Waals surface area contributed by atoms with Gasteiger partial charge in [0.05, 0.1) is 5.92 Å². The van der Waals surface area contributed by atoms with E-state index in [0.717, 1.165) is 0 Å². The quantitative estimate of drug-likeness (QED) is 0.862. The molecule has 0 spiro atoms. The van der Waals surface area contributed by atoms with Crippen molar-refractivity contribution in [3.63, 3.8) is 0 Å². The fourth-order valence-electron chi connectivity index (χ4n) is 2.18. The molecule has 1 aliphatic rings. The number of piperidine rings is 1. The molecule has 5 nitrogen and oxygen atoms in total. The summed E-state index contributed by atoms with van der Waals surface area (Å²) in [7, 11) is 1.70. The summed E-state index contributed by atoms with van der Waals surface area (Å²) in [6.45, 7) is 0.646. The van der Waals surface area contributed by atoms with Crippen LogP contribution < -0.4 is 16.0 Å². The second kappa shape index (κ2) is 5.10. The predicted octanol–water partition coefficient (Wildman–Crippen LogP) is 1.88. The number of nitrogens with one attached hydrogen (secondary N) is 1. The molecule has 3 N–H and O–H groups in total. The highest BCUT2D eigenvalue weighted by molar-refractivity contribution is 5.52. The normalized spacial score (nSPS) is 17.6. The third-order valence-corrected chi connectivity index (χ3v) is 3.27. The Bertz CT molecular complexity index is 440. The molecule has 0 radical (unpaired) electrons. The van der Waals surface area contributed by atoms with Gasteiger partial charge in [-0.1, -0.05) is 0 Å². The maximum Gasteiger partial charge on any atom is 0.391 e. The van der Waals surface area contributed by atoms with Gasteiger partial charge >= 0.3 is 6.18 Å². The summed E-state index contributed by atoms with van der Waals surface area (Å²) >= 11 is 0. The smallest absolute Gasteiger partial charge is 0.373 e. The second-order valence-electron chi connectivity index (χ2n) is 4.52. The van der Waals surface area contributed by atoms with Crippen LogP contribution in [0.15, 0.2) is 6.07 Å². The molecule has 1 fully saturated rings. The lowest BCUT2D eigenvalue weighted by Gasteiger charge is -2.33. The first-order valence-electron chi connectivity index (χ1n) is 6.04. The van der Waals surface area contributed by atoms with E-state index >= 15 is 0 Å². The highest BCUT2D eigenvalue weighted by Crippen LogP contribution is 2.35. The molecule has 2 rings (SSSR count). The minimum absolute atomic E-state index is 0.0856. The number of hydrogen-bond acceptors (Lipinski definition) is 5. The van der Waals surface area contributed by atoms with Gasteiger partial charge in [-0.15, -0.1) is 0 Å². The van der Waals surface area contributed by atoms with E-state index in [1.54, 1.807) is 18.0 Å². The molecule has 0 unspecified atom stereocenters. The minimum atomic E-state index is -4.10. The summed E-state index contributed by atoms with van der Waals surface area (Å²) in [5.74, 6) is 0.0180. The van der Waals surface area contributed by atoms with Crippen molar-refractivity contribution in [2.24, 2.45) is 5.92 Å². The fraction of sp³-hybridized carbons (Fsp3) is 0.636. The molecule has 8 heteroatoms. The molecule has 0 saturated carbocycles. The van der Waals surface area contributed by atoms with Gasteiger partial charge in [-0.2, -0.15) is 23.1 Å². The number of anilines is 3. The van der Waals surface area contributed by atoms with Gasteiger partial charge in [-0.05, 0) is 12.8 Å². The van der Waals surface area contributed by atoms with E-state index in [-0.39, 0.29) is 18.8 Å². The van der Waals surface area contributed by atoms with Gasteiger partial charge < -0.3 is 16.0 Å². The van der Waals surface area contributed by atoms with Crippen molar-refractivity contribution in [1.29, 1.82) is 0 Å². The Morgan fingerprint density at radius 1 is 1.32 bits per heavy atom. The first-order chi connectivity index (χ1) is 8.90. The maximum absolute atomic E-state index is 12.6. The van der Waals surface area contributed by atoms with Crippen molar-refractivity contribution in [1.82, 2.24) is 9.97 Å². The van der Waals surface area contributed by atoms with Gasteiger partial charge in [-0.3, -0.25) is 0 Å². The number of rotatable bonds is 2. The van der Waals surface area contributed by atoms with E-state index in [4.69, 9.17) is 5.73 Å². The molecule has 106 valence electrons. The second-order valence-corrected chi connectivity index (χ2v) is 4.52. The van der Waals surface area contributed by atoms with Crippen LogP contribution >= 0.6 is 0 Å². The first kappa shape index (κ1) is 13.7. The Labute approximate surface area is 109 Å². The third-order valence-electron chi connectivity index (χ3n) is 3.27. The third kappa shape index (κ3) is 3.18. The van der Waals surface area contributed by atoms with E-state index in [1.165, 1.54) is 0 Å². The van der Waals surface area contributed by atoms with Crippen LogP contribution in [0.25, 0.3) is 0 Å². The Morgan fingerprint density at radius 3 is 2.47 bits per heavy atom. The average Bonchev–Trinajstić information content (AvgIpc) is 2.37. The van der Waals surface area contributed by atoms with Gasteiger partial charge in [0.15, 0.2) is 0 Å². The number of aromatic nitrogens is 2. The van der Waals surface area contributed by atoms with E-state index in [0.29, 0.717) is 24.7 Å². The molecule has 0 atom stereocenters. The molecule has 1 aliphatic heterocycles. The highest BCUT2D eigenvalue weighted by Gasteiger charge is 2.41. The Hall–Kier alpha value is -1.73. The minimum Gasteiger partial charge on any atom is -0.373 e. The summed E-state index contributed by atoms with van der Waals surface area (Å²) in [6.07, 6.45) is -3.93. The topological polar surface area (TPSA) is 67.1 Å². The Balaban J connectivity index is 2.07. The van der Waals surface area contributed by atoms with Crippen molar-refractivity contribution >= 4 is 17.6 Å². The number of alkyl halides is 3. The van der Waals surface area contributed by atoms with Crippen LogP contribution in [0.3, 0.4) is 0 Å². The number of halogens is 3. The lowest BCUT2D eigenvalue weighted by molar-refractivity contribution is -0.179. The zero-order valence-corrected chi connectivity index (χ0v) is 10.5. The summed E-state index contributed by atoms with van der Waals surface area (Å²) in [5, 5.41) is 2.84. The number of hydrogen-bond donors (Lipinski definition) is 2. The molecule has 19 heavy (non-hydrogen) atoms. The summed E-state index contributed by atoms with van der Waals surface area (Å²) in [6, 6.07) is 1.68. The van der Waals surface area contributed by atoms with Gasteiger partial charge in [0.2, 0.25) is 5.95 Å². The van der Waals surface area contributed by atoms with Gasteiger partial charge in [0, 0.05) is 26.2 Å². The predicted molar refractivity (Wildman–Crippen MR) is 67.0 cm³/mol. The molecule has 1 aromatic rings. The molecule has 1 aromatic heterocycles. The zero-order chi connectivity index (χ0) is 14.0. The highest BCUT2D eigenvalue weighted by atomic mass is 19.4. The average molecular weight is 275 g/mol. The van der Waals surface area contributed by atoms with E-state index < -0.39 is 12.1 Å². The summed E-state index contributed by atoms with van der Waals surface area (Å²) in [4.78, 5) is 9.82. The summed E-state index contributed by atoms with van der Waals surface area (Å²) < 4.78 is 37.7. The van der Waals surface area contributed by atoms with E-state index in [1.807, 2.05) is 0 Å². The molecular weight excluding hydrogens is 259 g/mol. The van der Waals surface area contributed by atoms with Crippen molar-refractivity contribution in [2.75, 3.05) is 36.1 Å². The Kier molecular flexibility index (Phi) is 3.68. The molecule has 0 aromatic carbocycles.